The largest absolute Gasteiger partial charge is 0.364 e. The van der Waals surface area contributed by atoms with Gasteiger partial charge in [0.1, 0.15) is 0 Å². The summed E-state index contributed by atoms with van der Waals surface area (Å²) in [4.78, 5) is 16.8. The number of nitrogens with zero attached hydrogens (tertiary/aromatic N) is 4. The zero-order valence-electron chi connectivity index (χ0n) is 20.9. The number of carbonyl (C=O) groups excluding carboxylic acids is 1. The fourth-order valence-electron chi connectivity index (χ4n) is 4.68. The van der Waals surface area contributed by atoms with E-state index in [0.29, 0.717) is 30.0 Å². The fraction of sp³-hybridized carbons (Fsp3) is 0.538. The molecule has 4 N–H and O–H groups in total. The lowest BCUT2D eigenvalue weighted by atomic mass is 9.92. The van der Waals surface area contributed by atoms with Crippen molar-refractivity contribution in [2.24, 2.45) is 5.73 Å². The Morgan fingerprint density at radius 2 is 1.88 bits per heavy atom. The van der Waals surface area contributed by atoms with Crippen molar-refractivity contribution in [3.8, 4) is 11.4 Å². The van der Waals surface area contributed by atoms with Gasteiger partial charge in [0.05, 0.1) is 11.4 Å². The second kappa shape index (κ2) is 10.1. The van der Waals surface area contributed by atoms with Crippen molar-refractivity contribution in [1.82, 2.24) is 19.7 Å². The number of nitrogens with two attached hydrogens (primary N) is 1. The summed E-state index contributed by atoms with van der Waals surface area (Å²) < 4.78 is 2.24. The highest BCUT2D eigenvalue weighted by Gasteiger charge is 2.29. The minimum Gasteiger partial charge on any atom is -0.364 e. The smallest absolute Gasteiger partial charge is 0.205 e. The highest BCUT2D eigenvalue weighted by molar-refractivity contribution is 5.94. The monoisotopic (exact) mass is 463 g/mol. The van der Waals surface area contributed by atoms with Crippen molar-refractivity contribution >= 4 is 17.5 Å². The van der Waals surface area contributed by atoms with E-state index in [9.17, 15) is 4.79 Å². The number of benzene rings is 1. The van der Waals surface area contributed by atoms with Gasteiger partial charge in [0.25, 0.3) is 0 Å². The number of aromatic nitrogens is 4. The number of rotatable bonds is 8. The average molecular weight is 464 g/mol. The van der Waals surface area contributed by atoms with Crippen LogP contribution in [0.15, 0.2) is 24.3 Å². The summed E-state index contributed by atoms with van der Waals surface area (Å²) >= 11 is 0. The summed E-state index contributed by atoms with van der Waals surface area (Å²) in [5.41, 5.74) is 10.6. The third-order valence-electron chi connectivity index (χ3n) is 6.60. The van der Waals surface area contributed by atoms with Gasteiger partial charge in [-0.2, -0.15) is 10.1 Å². The molecule has 182 valence electrons. The predicted octanol–water partition coefficient (Wildman–Crippen LogP) is 4.98. The molecule has 0 atom stereocenters. The van der Waals surface area contributed by atoms with Crippen LogP contribution < -0.4 is 16.4 Å². The van der Waals surface area contributed by atoms with Crippen molar-refractivity contribution in [1.29, 1.82) is 0 Å². The molecule has 4 rings (SSSR count). The topological polar surface area (TPSA) is 111 Å². The van der Waals surface area contributed by atoms with E-state index in [-0.39, 0.29) is 17.7 Å². The van der Waals surface area contributed by atoms with Gasteiger partial charge in [0, 0.05) is 30.2 Å². The number of hydrogen-bond donors (Lipinski definition) is 3. The van der Waals surface area contributed by atoms with Crippen LogP contribution in [0.25, 0.3) is 11.4 Å². The van der Waals surface area contributed by atoms with E-state index in [4.69, 9.17) is 10.7 Å². The number of hydrogen-bond acceptors (Lipinski definition) is 7. The maximum atomic E-state index is 11.8. The molecule has 0 aromatic heterocycles. The van der Waals surface area contributed by atoms with Crippen LogP contribution in [0.4, 0.5) is 11.8 Å². The number of ketones is 1. The second-order valence-electron chi connectivity index (χ2n) is 10.1. The normalized spacial score (nSPS) is 18.6. The van der Waals surface area contributed by atoms with E-state index < -0.39 is 0 Å². The van der Waals surface area contributed by atoms with Gasteiger partial charge in [-0.15, -0.1) is 5.10 Å². The highest BCUT2D eigenvalue weighted by atomic mass is 16.1. The van der Waals surface area contributed by atoms with E-state index in [1.54, 1.807) is 6.92 Å². The van der Waals surface area contributed by atoms with Crippen LogP contribution in [0.5, 0.6) is 0 Å². The van der Waals surface area contributed by atoms with Gasteiger partial charge in [-0.05, 0) is 64.0 Å². The number of fused-ring (bicyclic) bond motifs is 1. The van der Waals surface area contributed by atoms with Crippen molar-refractivity contribution < 1.29 is 4.79 Å². The van der Waals surface area contributed by atoms with Gasteiger partial charge < -0.3 is 20.9 Å². The maximum absolute atomic E-state index is 11.8. The summed E-state index contributed by atoms with van der Waals surface area (Å²) in [6.07, 6.45) is 4.12. The number of nitrogens with one attached hydrogen (secondary N) is 2. The van der Waals surface area contributed by atoms with E-state index in [1.807, 2.05) is 24.3 Å². The first kappa shape index (κ1) is 24.1. The summed E-state index contributed by atoms with van der Waals surface area (Å²) in [6.45, 7) is 10.7. The quantitative estimate of drug-likeness (QED) is 0.404. The van der Waals surface area contributed by atoms with Crippen LogP contribution >= 0.6 is 0 Å². The lowest BCUT2D eigenvalue weighted by Crippen LogP contribution is -2.34. The summed E-state index contributed by atoms with van der Waals surface area (Å²) in [5.74, 6) is 1.83. The van der Waals surface area contributed by atoms with E-state index in [1.165, 1.54) is 0 Å². The molecular formula is C26H37N7O. The molecule has 0 saturated heterocycles. The molecule has 8 nitrogen and oxygen atoms in total. The zero-order valence-corrected chi connectivity index (χ0v) is 20.9. The predicted molar refractivity (Wildman–Crippen MR) is 137 cm³/mol. The van der Waals surface area contributed by atoms with E-state index in [2.05, 4.69) is 53.1 Å². The molecule has 2 aliphatic heterocycles. The number of anilines is 2. The second-order valence-corrected chi connectivity index (χ2v) is 10.1. The summed E-state index contributed by atoms with van der Waals surface area (Å²) in [7, 11) is 0. The molecule has 0 bridgehead atoms. The molecule has 0 radical (unpaired) electrons. The van der Waals surface area contributed by atoms with Crippen LogP contribution in [0.1, 0.15) is 93.9 Å². The van der Waals surface area contributed by atoms with Gasteiger partial charge in [-0.1, -0.05) is 32.0 Å². The Hall–Kier alpha value is -3.00. The van der Waals surface area contributed by atoms with Gasteiger partial charge in [-0.3, -0.25) is 4.79 Å². The van der Waals surface area contributed by atoms with Crippen molar-refractivity contribution in [2.45, 2.75) is 90.9 Å². The molecule has 1 aliphatic carbocycles. The lowest BCUT2D eigenvalue weighted by Gasteiger charge is -2.30. The minimum absolute atomic E-state index is 0.0576. The third-order valence-corrected chi connectivity index (χ3v) is 6.60. The molecule has 1 aromatic rings. The van der Waals surface area contributed by atoms with Crippen LogP contribution in [-0.4, -0.2) is 37.6 Å². The maximum Gasteiger partial charge on any atom is 0.205 e. The van der Waals surface area contributed by atoms with Gasteiger partial charge >= 0.3 is 0 Å². The minimum atomic E-state index is 0.0576. The first-order valence-electron chi connectivity index (χ1n) is 12.4. The first-order chi connectivity index (χ1) is 16.2. The molecule has 1 fully saturated rings. The van der Waals surface area contributed by atoms with Gasteiger partial charge in [0.2, 0.25) is 5.95 Å². The molecule has 8 heteroatoms. The molecule has 1 saturated carbocycles. The van der Waals surface area contributed by atoms with Crippen LogP contribution in [-0.2, 0) is 6.54 Å². The highest BCUT2D eigenvalue weighted by Crippen LogP contribution is 2.38. The molecule has 34 heavy (non-hydrogen) atoms. The van der Waals surface area contributed by atoms with Gasteiger partial charge in [-0.25, -0.2) is 0 Å². The first-order valence-corrected chi connectivity index (χ1v) is 12.4. The molecule has 1 aromatic carbocycles. The molecule has 0 spiro atoms. The summed E-state index contributed by atoms with van der Waals surface area (Å²) in [6, 6.07) is 8.51. The van der Waals surface area contributed by atoms with Gasteiger partial charge in [0.15, 0.2) is 17.3 Å². The SMILES string of the molecule is CC(=O)c1cccc(CNc2nc(NC3CCC(N)CC3)n(C(C)C)c3c(C(C)C)nnc2-3)c1. The van der Waals surface area contributed by atoms with E-state index >= 15 is 0 Å². The standard InChI is InChI=1S/C26H37N7O/c1-15(2)22-24-23(32-31-22)25(28-14-18-7-6-8-19(13-18)17(5)34)30-26(33(24)16(3)4)29-21-11-9-20(27)10-12-21/h6-8,13,15-16,20-21,28H,9-12,14,27H2,1-5H3,(H,29,30). The summed E-state index contributed by atoms with van der Waals surface area (Å²) in [5, 5.41) is 16.3. The van der Waals surface area contributed by atoms with Crippen LogP contribution in [0.3, 0.4) is 0 Å². The zero-order chi connectivity index (χ0) is 24.4. The lowest BCUT2D eigenvalue weighted by molar-refractivity contribution is 0.101. The van der Waals surface area contributed by atoms with Crippen molar-refractivity contribution in [2.75, 3.05) is 10.6 Å². The Morgan fingerprint density at radius 3 is 2.53 bits per heavy atom. The Bertz CT molecular complexity index is 1110. The average Bonchev–Trinajstić information content (AvgIpc) is 3.24. The molecule has 2 heterocycles. The third kappa shape index (κ3) is 5.06. The Balaban J connectivity index is 1.72. The molecular weight excluding hydrogens is 426 g/mol. The Labute approximate surface area is 202 Å². The van der Waals surface area contributed by atoms with E-state index in [0.717, 1.165) is 54.3 Å². The Kier molecular flexibility index (Phi) is 7.16. The van der Waals surface area contributed by atoms with Crippen molar-refractivity contribution in [3.63, 3.8) is 0 Å². The van der Waals surface area contributed by atoms with Crippen molar-refractivity contribution in [3.05, 3.63) is 41.1 Å². The molecule has 0 unspecified atom stereocenters. The fourth-order valence-corrected chi connectivity index (χ4v) is 4.68. The number of carbonyl (C=O) groups is 1. The Morgan fingerprint density at radius 1 is 1.15 bits per heavy atom. The van der Waals surface area contributed by atoms with Crippen LogP contribution in [0, 0.1) is 0 Å². The van der Waals surface area contributed by atoms with Crippen LogP contribution in [0.2, 0.25) is 0 Å². The number of Topliss-reactive ketones (excluding diaryl/α,β-unsaturated/α-hetero) is 1. The molecule has 3 aliphatic rings. The molecule has 0 amide bonds.